The van der Waals surface area contributed by atoms with E-state index in [-0.39, 0.29) is 31.0 Å². The maximum Gasteiger partial charge on any atom is 0.224 e. The van der Waals surface area contributed by atoms with Gasteiger partial charge in [0.15, 0.2) is 11.6 Å². The molecule has 4 rings (SSSR count). The average molecular weight is 440 g/mol. The fraction of sp³-hybridized carbons (Fsp3) is 0.381. The van der Waals surface area contributed by atoms with Crippen LogP contribution in [0, 0.1) is 17.5 Å². The third-order valence-electron chi connectivity index (χ3n) is 5.75. The molecular weight excluding hydrogens is 419 g/mol. The van der Waals surface area contributed by atoms with E-state index in [1.165, 1.54) is 6.07 Å². The molecule has 3 N–H and O–H groups in total. The summed E-state index contributed by atoms with van der Waals surface area (Å²) < 4.78 is 42.2. The summed E-state index contributed by atoms with van der Waals surface area (Å²) >= 11 is 5.80. The van der Waals surface area contributed by atoms with Crippen LogP contribution in [0.3, 0.4) is 0 Å². The number of piperidine rings is 1. The van der Waals surface area contributed by atoms with Gasteiger partial charge in [0.25, 0.3) is 0 Å². The van der Waals surface area contributed by atoms with Crippen molar-refractivity contribution in [1.82, 2.24) is 0 Å². The van der Waals surface area contributed by atoms with Crippen LogP contribution in [-0.2, 0) is 11.2 Å². The number of nitrogens with zero attached hydrogens (tertiary/aromatic N) is 1. The Hall–Kier alpha value is -2.45. The first-order chi connectivity index (χ1) is 14.3. The highest BCUT2D eigenvalue weighted by Crippen LogP contribution is 2.35. The lowest BCUT2D eigenvalue weighted by Crippen LogP contribution is -2.48. The Labute approximate surface area is 176 Å². The number of carbonyl (C=O) groups is 1. The van der Waals surface area contributed by atoms with Crippen molar-refractivity contribution < 1.29 is 23.1 Å². The number of carbonyl (C=O) groups excluding carboxylic acids is 1. The van der Waals surface area contributed by atoms with Crippen LogP contribution >= 0.6 is 11.6 Å². The van der Waals surface area contributed by atoms with Gasteiger partial charge in [0.2, 0.25) is 5.91 Å². The number of hydrogen-bond acceptors (Lipinski definition) is 4. The number of hydrogen-bond donors (Lipinski definition) is 3. The van der Waals surface area contributed by atoms with E-state index in [0.717, 1.165) is 6.07 Å². The highest BCUT2D eigenvalue weighted by molar-refractivity contribution is 6.30. The van der Waals surface area contributed by atoms with Gasteiger partial charge >= 0.3 is 0 Å². The third kappa shape index (κ3) is 4.06. The molecule has 2 aliphatic heterocycles. The molecule has 1 saturated heterocycles. The van der Waals surface area contributed by atoms with Gasteiger partial charge in [0.05, 0.1) is 17.0 Å². The van der Waals surface area contributed by atoms with Gasteiger partial charge in [-0.2, -0.15) is 0 Å². The zero-order valence-corrected chi connectivity index (χ0v) is 16.8. The summed E-state index contributed by atoms with van der Waals surface area (Å²) in [5.41, 5.74) is 0.0320. The summed E-state index contributed by atoms with van der Waals surface area (Å²) in [6.07, 6.45) is 1.19. The lowest BCUT2D eigenvalue weighted by molar-refractivity contribution is -0.116. The second-order valence-electron chi connectivity index (χ2n) is 7.78. The van der Waals surface area contributed by atoms with Crippen LogP contribution in [0.1, 0.15) is 24.8 Å². The first-order valence-corrected chi connectivity index (χ1v) is 10.1. The molecule has 0 spiro atoms. The predicted molar refractivity (Wildman–Crippen MR) is 110 cm³/mol. The van der Waals surface area contributed by atoms with Crippen molar-refractivity contribution >= 4 is 34.6 Å². The Morgan fingerprint density at radius 2 is 1.87 bits per heavy atom. The van der Waals surface area contributed by atoms with E-state index < -0.39 is 23.1 Å². The van der Waals surface area contributed by atoms with Gasteiger partial charge in [0.1, 0.15) is 5.82 Å². The molecule has 2 aromatic rings. The second-order valence-corrected chi connectivity index (χ2v) is 8.22. The molecule has 0 saturated carbocycles. The maximum absolute atomic E-state index is 14.2. The number of halogens is 4. The largest absolute Gasteiger partial charge is 0.388 e. The van der Waals surface area contributed by atoms with Crippen LogP contribution in [-0.4, -0.2) is 36.2 Å². The topological polar surface area (TPSA) is 64.6 Å². The predicted octanol–water partition coefficient (Wildman–Crippen LogP) is 4.09. The summed E-state index contributed by atoms with van der Waals surface area (Å²) in [4.78, 5) is 13.4. The molecule has 1 fully saturated rings. The van der Waals surface area contributed by atoms with Crippen molar-refractivity contribution in [3.63, 3.8) is 0 Å². The zero-order valence-electron chi connectivity index (χ0n) is 16.1. The molecular formula is C21H21ClF3N3O2. The van der Waals surface area contributed by atoms with E-state index in [2.05, 4.69) is 10.6 Å². The Bertz CT molecular complexity index is 994. The summed E-state index contributed by atoms with van der Waals surface area (Å²) in [5.74, 6) is -2.93. The Morgan fingerprint density at radius 3 is 2.57 bits per heavy atom. The summed E-state index contributed by atoms with van der Waals surface area (Å²) in [7, 11) is 0. The SMILES string of the molecule is O=C1CCc2c(NCC3(O)CCN(c4ccc(Cl)cc4F)CC3)cc(F)c(F)c2N1. The summed E-state index contributed by atoms with van der Waals surface area (Å²) in [6, 6.07) is 5.53. The zero-order chi connectivity index (χ0) is 21.5. The van der Waals surface area contributed by atoms with Crippen LogP contribution in [0.25, 0.3) is 0 Å². The molecule has 30 heavy (non-hydrogen) atoms. The Balaban J connectivity index is 1.44. The Kier molecular flexibility index (Phi) is 5.55. The van der Waals surface area contributed by atoms with E-state index in [4.69, 9.17) is 11.6 Å². The van der Waals surface area contributed by atoms with Crippen LogP contribution in [0.2, 0.25) is 5.02 Å². The van der Waals surface area contributed by atoms with Crippen LogP contribution in [0.15, 0.2) is 24.3 Å². The van der Waals surface area contributed by atoms with E-state index >= 15 is 0 Å². The lowest BCUT2D eigenvalue weighted by Gasteiger charge is -2.39. The first-order valence-electron chi connectivity index (χ1n) is 9.73. The molecule has 9 heteroatoms. The molecule has 0 bridgehead atoms. The minimum atomic E-state index is -1.09. The van der Waals surface area contributed by atoms with Crippen LogP contribution in [0.5, 0.6) is 0 Å². The molecule has 0 atom stereocenters. The van der Waals surface area contributed by atoms with Gasteiger partial charge < -0.3 is 20.6 Å². The van der Waals surface area contributed by atoms with Gasteiger partial charge in [-0.25, -0.2) is 13.2 Å². The standard InChI is InChI=1S/C21H21ClF3N3O2/c22-12-1-3-17(14(23)9-12)28-7-5-21(30,6-8-28)11-26-16-10-15(24)19(25)20-13(16)2-4-18(29)27-20/h1,3,9-10,26,30H,2,4-8,11H2,(H,27,29). The smallest absolute Gasteiger partial charge is 0.224 e. The molecule has 1 amide bonds. The first kappa shape index (κ1) is 20.8. The number of fused-ring (bicyclic) bond motifs is 1. The number of rotatable bonds is 4. The van der Waals surface area contributed by atoms with Gasteiger partial charge in [0, 0.05) is 48.4 Å². The van der Waals surface area contributed by atoms with Gasteiger partial charge in [-0.05, 0) is 37.5 Å². The maximum atomic E-state index is 14.2. The van der Waals surface area contributed by atoms with Crippen molar-refractivity contribution in [2.24, 2.45) is 0 Å². The van der Waals surface area contributed by atoms with E-state index in [1.807, 2.05) is 4.90 Å². The number of amides is 1. The number of benzene rings is 2. The fourth-order valence-electron chi connectivity index (χ4n) is 3.99. The molecule has 0 unspecified atom stereocenters. The van der Waals surface area contributed by atoms with E-state index in [1.54, 1.807) is 12.1 Å². The van der Waals surface area contributed by atoms with Gasteiger partial charge in [-0.15, -0.1) is 0 Å². The van der Waals surface area contributed by atoms with Gasteiger partial charge in [-0.1, -0.05) is 11.6 Å². The third-order valence-corrected chi connectivity index (χ3v) is 5.98. The molecule has 2 heterocycles. The Morgan fingerprint density at radius 1 is 1.13 bits per heavy atom. The molecule has 0 aromatic heterocycles. The second kappa shape index (κ2) is 8.00. The minimum Gasteiger partial charge on any atom is -0.388 e. The number of aliphatic hydroxyl groups is 1. The van der Waals surface area contributed by atoms with Crippen molar-refractivity contribution in [2.75, 3.05) is 35.2 Å². The summed E-state index contributed by atoms with van der Waals surface area (Å²) in [5, 5.41) is 16.7. The number of anilines is 3. The van der Waals surface area contributed by atoms with Crippen molar-refractivity contribution in [3.05, 3.63) is 52.3 Å². The fourth-order valence-corrected chi connectivity index (χ4v) is 4.15. The minimum absolute atomic E-state index is 0.120. The average Bonchev–Trinajstić information content (AvgIpc) is 2.71. The van der Waals surface area contributed by atoms with Crippen molar-refractivity contribution in [3.8, 4) is 0 Å². The van der Waals surface area contributed by atoms with E-state index in [0.29, 0.717) is 47.9 Å². The summed E-state index contributed by atoms with van der Waals surface area (Å²) in [6.45, 7) is 0.987. The lowest BCUT2D eigenvalue weighted by atomic mass is 9.90. The molecule has 2 aromatic carbocycles. The van der Waals surface area contributed by atoms with Gasteiger partial charge in [-0.3, -0.25) is 4.79 Å². The molecule has 5 nitrogen and oxygen atoms in total. The molecule has 0 aliphatic carbocycles. The quantitative estimate of drug-likeness (QED) is 0.671. The highest BCUT2D eigenvalue weighted by atomic mass is 35.5. The van der Waals surface area contributed by atoms with Crippen molar-refractivity contribution in [2.45, 2.75) is 31.3 Å². The van der Waals surface area contributed by atoms with Crippen LogP contribution in [0.4, 0.5) is 30.2 Å². The van der Waals surface area contributed by atoms with Crippen molar-refractivity contribution in [1.29, 1.82) is 0 Å². The molecule has 160 valence electrons. The molecule has 0 radical (unpaired) electrons. The molecule has 2 aliphatic rings. The highest BCUT2D eigenvalue weighted by Gasteiger charge is 2.34. The normalized spacial score (nSPS) is 18.0. The van der Waals surface area contributed by atoms with E-state index in [9.17, 15) is 23.1 Å². The number of nitrogens with one attached hydrogen (secondary N) is 2. The van der Waals surface area contributed by atoms with Crippen LogP contribution < -0.4 is 15.5 Å². The monoisotopic (exact) mass is 439 g/mol.